The summed E-state index contributed by atoms with van der Waals surface area (Å²) >= 11 is 2.54. The minimum Gasteiger partial charge on any atom is -0.497 e. The molecule has 0 saturated carbocycles. The number of hydrogen-bond acceptors (Lipinski definition) is 8. The molecule has 0 spiro atoms. The summed E-state index contributed by atoms with van der Waals surface area (Å²) in [6.07, 6.45) is 1.74. The summed E-state index contributed by atoms with van der Waals surface area (Å²) < 4.78 is 7.45. The van der Waals surface area contributed by atoms with Crippen LogP contribution in [0.25, 0.3) is 0 Å². The number of aryl methyl sites for hydroxylation is 1. The first-order valence-electron chi connectivity index (χ1n) is 7.88. The standard InChI is InChI=1S/C17H17N5O3S2/c1-22-8-4-7-13(22)15(24)19-14(23)10-26-17-21-20-16(27-17)18-11-5-3-6-12(9-11)25-2/h3-9H,10H2,1-2H3,(H,18,20)(H,19,23,24). The number of amides is 2. The first-order valence-corrected chi connectivity index (χ1v) is 9.68. The van der Waals surface area contributed by atoms with Crippen molar-refractivity contribution in [3.8, 4) is 5.75 Å². The molecule has 2 aromatic heterocycles. The number of nitrogens with one attached hydrogen (secondary N) is 2. The largest absolute Gasteiger partial charge is 0.497 e. The van der Waals surface area contributed by atoms with E-state index in [1.54, 1.807) is 37.1 Å². The SMILES string of the molecule is COc1cccc(Nc2nnc(SCC(=O)NC(=O)c3cccn3C)s2)c1. The molecule has 2 heterocycles. The predicted octanol–water partition coefficient (Wildman–Crippen LogP) is 2.68. The van der Waals surface area contributed by atoms with Crippen LogP contribution >= 0.6 is 23.1 Å². The van der Waals surface area contributed by atoms with Gasteiger partial charge in [-0.2, -0.15) is 0 Å². The fourth-order valence-corrected chi connectivity index (χ4v) is 3.77. The molecule has 0 fully saturated rings. The molecule has 0 radical (unpaired) electrons. The van der Waals surface area contributed by atoms with Gasteiger partial charge in [0, 0.05) is 25.0 Å². The summed E-state index contributed by atoms with van der Waals surface area (Å²) in [5.41, 5.74) is 1.25. The van der Waals surface area contributed by atoms with Crippen LogP contribution in [0.4, 0.5) is 10.8 Å². The molecule has 8 nitrogen and oxygen atoms in total. The maximum absolute atomic E-state index is 12.0. The number of ether oxygens (including phenoxy) is 1. The van der Waals surface area contributed by atoms with Gasteiger partial charge in [-0.3, -0.25) is 14.9 Å². The van der Waals surface area contributed by atoms with Crippen molar-refractivity contribution in [2.45, 2.75) is 4.34 Å². The summed E-state index contributed by atoms with van der Waals surface area (Å²) in [6.45, 7) is 0. The highest BCUT2D eigenvalue weighted by molar-refractivity contribution is 8.01. The minimum absolute atomic E-state index is 0.0734. The van der Waals surface area contributed by atoms with E-state index in [0.717, 1.165) is 11.4 Å². The number of imide groups is 1. The zero-order chi connectivity index (χ0) is 19.2. The average Bonchev–Trinajstić information content (AvgIpc) is 3.29. The molecule has 27 heavy (non-hydrogen) atoms. The molecule has 3 rings (SSSR count). The van der Waals surface area contributed by atoms with Crippen LogP contribution < -0.4 is 15.4 Å². The Balaban J connectivity index is 1.51. The summed E-state index contributed by atoms with van der Waals surface area (Å²) in [6, 6.07) is 10.8. The lowest BCUT2D eigenvalue weighted by molar-refractivity contribution is -0.117. The molecule has 2 amide bonds. The summed E-state index contributed by atoms with van der Waals surface area (Å²) in [5.74, 6) is -0.00244. The van der Waals surface area contributed by atoms with Crippen LogP contribution in [0.2, 0.25) is 0 Å². The molecule has 0 aliphatic carbocycles. The third-order valence-electron chi connectivity index (χ3n) is 3.48. The Morgan fingerprint density at radius 2 is 2.11 bits per heavy atom. The maximum Gasteiger partial charge on any atom is 0.274 e. The first-order chi connectivity index (χ1) is 13.0. The number of carbonyl (C=O) groups excluding carboxylic acids is 2. The van der Waals surface area contributed by atoms with Crippen molar-refractivity contribution in [1.82, 2.24) is 20.1 Å². The van der Waals surface area contributed by atoms with Crippen LogP contribution in [-0.4, -0.2) is 39.4 Å². The molecule has 0 unspecified atom stereocenters. The van der Waals surface area contributed by atoms with Crippen molar-refractivity contribution < 1.29 is 14.3 Å². The minimum atomic E-state index is -0.425. The lowest BCUT2D eigenvalue weighted by Gasteiger charge is -2.04. The van der Waals surface area contributed by atoms with E-state index in [4.69, 9.17) is 4.74 Å². The van der Waals surface area contributed by atoms with Gasteiger partial charge in [-0.05, 0) is 24.3 Å². The lowest BCUT2D eigenvalue weighted by Crippen LogP contribution is -2.32. The van der Waals surface area contributed by atoms with Gasteiger partial charge in [0.25, 0.3) is 5.91 Å². The molecule has 0 saturated heterocycles. The number of hydrogen-bond donors (Lipinski definition) is 2. The number of aromatic nitrogens is 3. The van der Waals surface area contributed by atoms with Crippen LogP contribution in [0.15, 0.2) is 46.9 Å². The van der Waals surface area contributed by atoms with Crippen LogP contribution in [0.5, 0.6) is 5.75 Å². The predicted molar refractivity (Wildman–Crippen MR) is 105 cm³/mol. The average molecular weight is 403 g/mol. The number of carbonyl (C=O) groups is 2. The molecule has 140 valence electrons. The normalized spacial score (nSPS) is 10.4. The molecule has 0 aliphatic heterocycles. The van der Waals surface area contributed by atoms with Gasteiger partial charge < -0.3 is 14.6 Å². The van der Waals surface area contributed by atoms with Gasteiger partial charge >= 0.3 is 0 Å². The van der Waals surface area contributed by atoms with E-state index in [1.807, 2.05) is 24.3 Å². The Kier molecular flexibility index (Phi) is 6.09. The first kappa shape index (κ1) is 18.9. The highest BCUT2D eigenvalue weighted by Crippen LogP contribution is 2.28. The monoisotopic (exact) mass is 403 g/mol. The van der Waals surface area contributed by atoms with Crippen molar-refractivity contribution in [3.63, 3.8) is 0 Å². The van der Waals surface area contributed by atoms with Gasteiger partial charge in [0.05, 0.1) is 12.9 Å². The van der Waals surface area contributed by atoms with Gasteiger partial charge in [0.15, 0.2) is 4.34 Å². The maximum atomic E-state index is 12.0. The molecule has 10 heteroatoms. The second-order valence-corrected chi connectivity index (χ2v) is 7.60. The smallest absolute Gasteiger partial charge is 0.274 e. The number of anilines is 2. The Morgan fingerprint density at radius 1 is 1.26 bits per heavy atom. The van der Waals surface area contributed by atoms with Crippen LogP contribution in [-0.2, 0) is 11.8 Å². The molecule has 0 bridgehead atoms. The number of methoxy groups -OCH3 is 1. The molecule has 1 aromatic carbocycles. The zero-order valence-corrected chi connectivity index (χ0v) is 16.3. The number of rotatable bonds is 7. The second kappa shape index (κ2) is 8.69. The van der Waals surface area contributed by atoms with Crippen molar-refractivity contribution >= 4 is 45.7 Å². The van der Waals surface area contributed by atoms with Crippen molar-refractivity contribution in [1.29, 1.82) is 0 Å². The number of thioether (sulfide) groups is 1. The molecular weight excluding hydrogens is 386 g/mol. The van der Waals surface area contributed by atoms with E-state index < -0.39 is 5.91 Å². The quantitative estimate of drug-likeness (QED) is 0.585. The van der Waals surface area contributed by atoms with Crippen molar-refractivity contribution in [2.24, 2.45) is 7.05 Å². The highest BCUT2D eigenvalue weighted by atomic mass is 32.2. The van der Waals surface area contributed by atoms with Gasteiger partial charge in [0.1, 0.15) is 11.4 Å². The second-order valence-electron chi connectivity index (χ2n) is 5.40. The van der Waals surface area contributed by atoms with Gasteiger partial charge in [-0.15, -0.1) is 10.2 Å². The molecule has 3 aromatic rings. The van der Waals surface area contributed by atoms with Crippen molar-refractivity contribution in [2.75, 3.05) is 18.2 Å². The molecule has 0 atom stereocenters. The van der Waals surface area contributed by atoms with Crippen LogP contribution in [0, 0.1) is 0 Å². The fraction of sp³-hybridized carbons (Fsp3) is 0.176. The Labute approximate surface area is 163 Å². The lowest BCUT2D eigenvalue weighted by atomic mass is 10.3. The van der Waals surface area contributed by atoms with E-state index in [9.17, 15) is 9.59 Å². The zero-order valence-electron chi connectivity index (χ0n) is 14.6. The third kappa shape index (κ3) is 5.08. The number of nitrogens with zero attached hydrogens (tertiary/aromatic N) is 3. The Hall–Kier alpha value is -2.85. The van der Waals surface area contributed by atoms with Gasteiger partial charge in [0.2, 0.25) is 11.0 Å². The summed E-state index contributed by atoms with van der Waals surface area (Å²) in [4.78, 5) is 24.0. The highest BCUT2D eigenvalue weighted by Gasteiger charge is 2.14. The van der Waals surface area contributed by atoms with E-state index in [-0.39, 0.29) is 11.7 Å². The van der Waals surface area contributed by atoms with Gasteiger partial charge in [-0.25, -0.2) is 0 Å². The van der Waals surface area contributed by atoms with E-state index in [1.165, 1.54) is 23.1 Å². The topological polar surface area (TPSA) is 98.1 Å². The van der Waals surface area contributed by atoms with E-state index in [0.29, 0.717) is 15.2 Å². The Morgan fingerprint density at radius 3 is 2.85 bits per heavy atom. The van der Waals surface area contributed by atoms with Gasteiger partial charge in [-0.1, -0.05) is 29.2 Å². The molecule has 2 N–H and O–H groups in total. The van der Waals surface area contributed by atoms with Crippen molar-refractivity contribution in [3.05, 3.63) is 48.3 Å². The Bertz CT molecular complexity index is 953. The third-order valence-corrected chi connectivity index (χ3v) is 5.46. The van der Waals surface area contributed by atoms with Crippen LogP contribution in [0.1, 0.15) is 10.5 Å². The van der Waals surface area contributed by atoms with E-state index in [2.05, 4.69) is 20.8 Å². The summed E-state index contributed by atoms with van der Waals surface area (Å²) in [5, 5.41) is 14.2. The van der Waals surface area contributed by atoms with E-state index >= 15 is 0 Å². The number of benzene rings is 1. The summed E-state index contributed by atoms with van der Waals surface area (Å²) in [7, 11) is 3.35. The van der Waals surface area contributed by atoms with Crippen LogP contribution in [0.3, 0.4) is 0 Å². The molecular formula is C17H17N5O3S2. The molecule has 0 aliphatic rings. The fourth-order valence-electron chi connectivity index (χ4n) is 2.19.